The molecule has 0 aliphatic rings. The fraction of sp³-hybridized carbons (Fsp3) is 0.139. The summed E-state index contributed by atoms with van der Waals surface area (Å²) in [6, 6.07) is 31.5. The highest BCUT2D eigenvalue weighted by Crippen LogP contribution is 2.40. The minimum absolute atomic E-state index is 0.212. The van der Waals surface area contributed by atoms with Gasteiger partial charge >= 0.3 is 5.97 Å². The van der Waals surface area contributed by atoms with E-state index in [9.17, 15) is 14.4 Å². The summed E-state index contributed by atoms with van der Waals surface area (Å²) in [5.41, 5.74) is 4.89. The number of thiophene rings is 1. The number of esters is 1. The molecule has 0 saturated carbocycles. The third-order valence-corrected chi connectivity index (χ3v) is 9.05. The SMILES string of the molecule is CCOC(=O)c1c(-c2ccc(C)cc2)csc1NC(=O)C(Sc1cccc(NC(=O)c2ccc(OC)cc2)c1)c1ccccc1. The van der Waals surface area contributed by atoms with Crippen LogP contribution in [0, 0.1) is 6.92 Å². The number of hydrogen-bond acceptors (Lipinski definition) is 7. The predicted molar refractivity (Wildman–Crippen MR) is 182 cm³/mol. The van der Waals surface area contributed by atoms with Crippen LogP contribution in [0.3, 0.4) is 0 Å². The smallest absolute Gasteiger partial charge is 0.341 e. The van der Waals surface area contributed by atoms with Crippen LogP contribution in [0.25, 0.3) is 11.1 Å². The van der Waals surface area contributed by atoms with Crippen LogP contribution in [0.1, 0.15) is 44.0 Å². The van der Waals surface area contributed by atoms with Crippen molar-refractivity contribution in [3.63, 3.8) is 0 Å². The molecule has 0 aliphatic heterocycles. The Morgan fingerprint density at radius 3 is 2.29 bits per heavy atom. The van der Waals surface area contributed by atoms with Crippen LogP contribution < -0.4 is 15.4 Å². The van der Waals surface area contributed by atoms with Crippen molar-refractivity contribution in [3.05, 3.63) is 131 Å². The summed E-state index contributed by atoms with van der Waals surface area (Å²) in [6.07, 6.45) is 0. The Balaban J connectivity index is 1.40. The van der Waals surface area contributed by atoms with Gasteiger partial charge in [0.2, 0.25) is 5.91 Å². The van der Waals surface area contributed by atoms with E-state index in [0.29, 0.717) is 33.1 Å². The molecule has 228 valence electrons. The number of hydrogen-bond donors (Lipinski definition) is 2. The molecule has 2 N–H and O–H groups in total. The fourth-order valence-corrected chi connectivity index (χ4v) is 6.65. The van der Waals surface area contributed by atoms with E-state index >= 15 is 0 Å². The second kappa shape index (κ2) is 14.7. The maximum absolute atomic E-state index is 14.0. The molecule has 45 heavy (non-hydrogen) atoms. The molecule has 5 rings (SSSR count). The summed E-state index contributed by atoms with van der Waals surface area (Å²) in [4.78, 5) is 40.8. The van der Waals surface area contributed by atoms with Gasteiger partial charge in [-0.15, -0.1) is 23.1 Å². The van der Waals surface area contributed by atoms with E-state index in [1.165, 1.54) is 23.1 Å². The van der Waals surface area contributed by atoms with Crippen LogP contribution in [-0.2, 0) is 9.53 Å². The van der Waals surface area contributed by atoms with Crippen molar-refractivity contribution in [1.82, 2.24) is 0 Å². The van der Waals surface area contributed by atoms with Gasteiger partial charge < -0.3 is 20.1 Å². The number of aryl methyl sites for hydroxylation is 1. The van der Waals surface area contributed by atoms with Crippen LogP contribution in [-0.4, -0.2) is 31.5 Å². The van der Waals surface area contributed by atoms with Gasteiger partial charge in [-0.3, -0.25) is 9.59 Å². The second-order valence-corrected chi connectivity index (χ2v) is 12.1. The average molecular weight is 637 g/mol. The molecule has 0 fully saturated rings. The Morgan fingerprint density at radius 1 is 0.867 bits per heavy atom. The monoisotopic (exact) mass is 636 g/mol. The number of anilines is 2. The molecule has 7 nitrogen and oxygen atoms in total. The first kappa shape index (κ1) is 31.6. The second-order valence-electron chi connectivity index (χ2n) is 10.0. The van der Waals surface area contributed by atoms with Crippen molar-refractivity contribution >= 4 is 51.6 Å². The van der Waals surface area contributed by atoms with Gasteiger partial charge in [0.1, 0.15) is 21.6 Å². The lowest BCUT2D eigenvalue weighted by atomic mass is 10.0. The van der Waals surface area contributed by atoms with E-state index in [0.717, 1.165) is 21.6 Å². The first-order chi connectivity index (χ1) is 21.9. The molecule has 1 heterocycles. The largest absolute Gasteiger partial charge is 0.497 e. The number of thioether (sulfide) groups is 1. The van der Waals surface area contributed by atoms with Crippen molar-refractivity contribution in [2.24, 2.45) is 0 Å². The van der Waals surface area contributed by atoms with E-state index in [1.807, 2.05) is 85.1 Å². The maximum Gasteiger partial charge on any atom is 0.341 e. The molecule has 0 bridgehead atoms. The van der Waals surface area contributed by atoms with Crippen LogP contribution in [0.4, 0.5) is 10.7 Å². The Hall–Kier alpha value is -4.86. The fourth-order valence-electron chi connectivity index (χ4n) is 4.61. The van der Waals surface area contributed by atoms with Crippen molar-refractivity contribution < 1.29 is 23.9 Å². The zero-order valence-electron chi connectivity index (χ0n) is 25.0. The minimum Gasteiger partial charge on any atom is -0.497 e. The van der Waals surface area contributed by atoms with E-state index in [1.54, 1.807) is 44.4 Å². The standard InChI is InChI=1S/C36H32N2O5S2/c1-4-43-36(41)31-30(24-15-13-23(2)14-16-24)22-44-35(31)38-34(40)32(25-9-6-5-7-10-25)45-29-12-8-11-27(21-29)37-33(39)26-17-19-28(42-3)20-18-26/h5-22,32H,4H2,1-3H3,(H,37,39)(H,38,40). The number of amides is 2. The summed E-state index contributed by atoms with van der Waals surface area (Å²) in [7, 11) is 1.57. The highest BCUT2D eigenvalue weighted by molar-refractivity contribution is 8.00. The molecule has 0 radical (unpaired) electrons. The molecule has 0 aliphatic carbocycles. The highest BCUT2D eigenvalue weighted by Gasteiger charge is 2.27. The zero-order chi connectivity index (χ0) is 31.8. The van der Waals surface area contributed by atoms with Gasteiger partial charge in [-0.05, 0) is 67.4 Å². The molecule has 5 aromatic rings. The highest BCUT2D eigenvalue weighted by atomic mass is 32.2. The minimum atomic E-state index is -0.654. The Morgan fingerprint density at radius 2 is 1.60 bits per heavy atom. The van der Waals surface area contributed by atoms with E-state index < -0.39 is 11.2 Å². The van der Waals surface area contributed by atoms with Gasteiger partial charge in [0.15, 0.2) is 0 Å². The summed E-state index contributed by atoms with van der Waals surface area (Å²) < 4.78 is 10.6. The number of nitrogens with one attached hydrogen (secondary N) is 2. The predicted octanol–water partition coefficient (Wildman–Crippen LogP) is 8.63. The molecule has 1 unspecified atom stereocenters. The first-order valence-corrected chi connectivity index (χ1v) is 16.1. The van der Waals surface area contributed by atoms with Crippen LogP contribution in [0.15, 0.2) is 113 Å². The van der Waals surface area contributed by atoms with Crippen molar-refractivity contribution in [2.45, 2.75) is 24.0 Å². The number of carbonyl (C=O) groups is 3. The summed E-state index contributed by atoms with van der Waals surface area (Å²) >= 11 is 2.64. The molecule has 4 aromatic carbocycles. The molecule has 2 amide bonds. The number of methoxy groups -OCH3 is 1. The molecule has 0 saturated heterocycles. The third kappa shape index (κ3) is 7.81. The maximum atomic E-state index is 14.0. The first-order valence-electron chi connectivity index (χ1n) is 14.3. The molecule has 0 spiro atoms. The number of benzene rings is 4. The van der Waals surface area contributed by atoms with Crippen molar-refractivity contribution in [3.8, 4) is 16.9 Å². The van der Waals surface area contributed by atoms with Gasteiger partial charge in [0.05, 0.1) is 13.7 Å². The Bertz CT molecular complexity index is 1780. The van der Waals surface area contributed by atoms with Gasteiger partial charge in [-0.2, -0.15) is 0 Å². The van der Waals surface area contributed by atoms with Crippen molar-refractivity contribution in [1.29, 1.82) is 0 Å². The van der Waals surface area contributed by atoms with E-state index in [-0.39, 0.29) is 18.4 Å². The molecule has 1 aromatic heterocycles. The Kier molecular flexibility index (Phi) is 10.3. The van der Waals surface area contributed by atoms with Crippen molar-refractivity contribution in [2.75, 3.05) is 24.4 Å². The number of carbonyl (C=O) groups excluding carboxylic acids is 3. The van der Waals surface area contributed by atoms with Gasteiger partial charge in [-0.25, -0.2) is 4.79 Å². The van der Waals surface area contributed by atoms with Crippen LogP contribution >= 0.6 is 23.1 Å². The molecule has 9 heteroatoms. The number of ether oxygens (including phenoxy) is 2. The lowest BCUT2D eigenvalue weighted by molar-refractivity contribution is -0.115. The van der Waals surface area contributed by atoms with Gasteiger partial charge in [0, 0.05) is 27.1 Å². The third-order valence-electron chi connectivity index (χ3n) is 6.91. The quantitative estimate of drug-likeness (QED) is 0.111. The number of rotatable bonds is 11. The molecular formula is C36H32N2O5S2. The van der Waals surface area contributed by atoms with E-state index in [2.05, 4.69) is 10.6 Å². The van der Waals surface area contributed by atoms with E-state index in [4.69, 9.17) is 9.47 Å². The zero-order valence-corrected chi connectivity index (χ0v) is 26.7. The average Bonchev–Trinajstić information content (AvgIpc) is 3.48. The summed E-state index contributed by atoms with van der Waals surface area (Å²) in [5.74, 6) is -0.375. The molecule has 1 atom stereocenters. The van der Waals surface area contributed by atoms with Crippen LogP contribution in [0.5, 0.6) is 5.75 Å². The lowest BCUT2D eigenvalue weighted by Crippen LogP contribution is -2.20. The Labute approximate surface area is 270 Å². The topological polar surface area (TPSA) is 93.7 Å². The normalized spacial score (nSPS) is 11.4. The van der Waals surface area contributed by atoms with Gasteiger partial charge in [-0.1, -0.05) is 66.2 Å². The molecular weight excluding hydrogens is 605 g/mol. The summed E-state index contributed by atoms with van der Waals surface area (Å²) in [6.45, 7) is 3.97. The van der Waals surface area contributed by atoms with Crippen LogP contribution in [0.2, 0.25) is 0 Å². The van der Waals surface area contributed by atoms with Gasteiger partial charge in [0.25, 0.3) is 5.91 Å². The summed E-state index contributed by atoms with van der Waals surface area (Å²) in [5, 5.41) is 7.59. The lowest BCUT2D eigenvalue weighted by Gasteiger charge is -2.18.